The lowest BCUT2D eigenvalue weighted by atomic mass is 9.74. The molecule has 2 aliphatic rings. The number of nitrogens with zero attached hydrogens (tertiary/aromatic N) is 3. The summed E-state index contributed by atoms with van der Waals surface area (Å²) in [4.78, 5) is 10.9. The number of imidazole rings is 1. The predicted octanol–water partition coefficient (Wildman–Crippen LogP) is 6.05. The first kappa shape index (κ1) is 22.6. The van der Waals surface area contributed by atoms with Gasteiger partial charge in [-0.3, -0.25) is 4.90 Å². The summed E-state index contributed by atoms with van der Waals surface area (Å²) < 4.78 is 0. The summed E-state index contributed by atoms with van der Waals surface area (Å²) in [6.07, 6.45) is 3.09. The third-order valence-corrected chi connectivity index (χ3v) is 8.25. The number of halogens is 2. The Hall–Kier alpha value is -2.88. The highest BCUT2D eigenvalue weighted by molar-refractivity contribution is 6.42. The molecular formula is C28H25Cl2N5. The topological polar surface area (TPSA) is 67.7 Å². The molecule has 0 atom stereocenters. The van der Waals surface area contributed by atoms with Gasteiger partial charge in [0.25, 0.3) is 0 Å². The van der Waals surface area contributed by atoms with E-state index in [1.54, 1.807) is 0 Å². The van der Waals surface area contributed by atoms with Gasteiger partial charge < -0.3 is 10.3 Å². The lowest BCUT2D eigenvalue weighted by molar-refractivity contribution is 0.0334. The number of hydrogen-bond donors (Lipinski definition) is 2. The smallest absolute Gasteiger partial charge is 0.121 e. The van der Waals surface area contributed by atoms with Crippen LogP contribution in [0.4, 0.5) is 0 Å². The van der Waals surface area contributed by atoms with Gasteiger partial charge in [-0.2, -0.15) is 5.26 Å². The number of nitriles is 1. The first-order valence-corrected chi connectivity index (χ1v) is 12.7. The molecule has 0 unspecified atom stereocenters. The van der Waals surface area contributed by atoms with Gasteiger partial charge in [0.2, 0.25) is 0 Å². The maximum Gasteiger partial charge on any atom is 0.121 e. The van der Waals surface area contributed by atoms with E-state index in [4.69, 9.17) is 28.2 Å². The fourth-order valence-electron chi connectivity index (χ4n) is 5.81. The van der Waals surface area contributed by atoms with Gasteiger partial charge in [0.1, 0.15) is 5.82 Å². The van der Waals surface area contributed by atoms with Gasteiger partial charge in [0.05, 0.1) is 39.3 Å². The minimum absolute atomic E-state index is 0.0276. The number of piperidine rings is 1. The summed E-state index contributed by atoms with van der Waals surface area (Å²) in [5.74, 6) is 0.935. The van der Waals surface area contributed by atoms with Crippen molar-refractivity contribution in [2.75, 3.05) is 19.6 Å². The number of rotatable bonds is 3. The molecule has 3 aromatic carbocycles. The molecule has 1 saturated heterocycles. The molecule has 35 heavy (non-hydrogen) atoms. The van der Waals surface area contributed by atoms with Gasteiger partial charge in [0, 0.05) is 12.1 Å². The van der Waals surface area contributed by atoms with E-state index in [0.29, 0.717) is 15.6 Å². The summed E-state index contributed by atoms with van der Waals surface area (Å²) in [6.45, 7) is 3.70. The Balaban J connectivity index is 1.36. The normalized spacial score (nSPS) is 17.4. The van der Waals surface area contributed by atoms with E-state index in [-0.39, 0.29) is 5.54 Å². The molecule has 176 valence electrons. The number of H-pyrrole nitrogens is 1. The van der Waals surface area contributed by atoms with Crippen LogP contribution >= 0.6 is 23.2 Å². The van der Waals surface area contributed by atoms with Crippen LogP contribution in [-0.4, -0.2) is 34.5 Å². The Labute approximate surface area is 214 Å². The van der Waals surface area contributed by atoms with Crippen LogP contribution in [0.2, 0.25) is 10.0 Å². The Bertz CT molecular complexity index is 1420. The van der Waals surface area contributed by atoms with Crippen LogP contribution in [0.15, 0.2) is 54.6 Å². The third kappa shape index (κ3) is 4.01. The number of nitrogens with one attached hydrogen (secondary N) is 2. The quantitative estimate of drug-likeness (QED) is 0.358. The summed E-state index contributed by atoms with van der Waals surface area (Å²) in [7, 11) is 0. The van der Waals surface area contributed by atoms with E-state index in [0.717, 1.165) is 67.9 Å². The fourth-order valence-corrected chi connectivity index (χ4v) is 6.13. The Kier molecular flexibility index (Phi) is 5.78. The molecule has 6 rings (SSSR count). The van der Waals surface area contributed by atoms with E-state index >= 15 is 0 Å². The maximum absolute atomic E-state index is 9.31. The average molecular weight is 502 g/mol. The Morgan fingerprint density at radius 2 is 1.80 bits per heavy atom. The van der Waals surface area contributed by atoms with Crippen molar-refractivity contribution in [3.63, 3.8) is 0 Å². The molecular weight excluding hydrogens is 477 g/mol. The van der Waals surface area contributed by atoms with E-state index in [9.17, 15) is 5.26 Å². The monoisotopic (exact) mass is 501 g/mol. The van der Waals surface area contributed by atoms with Gasteiger partial charge in [-0.05, 0) is 78.9 Å². The fraction of sp³-hybridized carbons (Fsp3) is 0.286. The SMILES string of the molecule is N#Cc1cccc(-c2ccc3c(c2)CCN(Cc2nc4cc(Cl)c(Cl)cc4[nH]2)C32CCNCC2)c1. The zero-order chi connectivity index (χ0) is 24.0. The molecule has 7 heteroatoms. The largest absolute Gasteiger partial charge is 0.341 e. The van der Waals surface area contributed by atoms with Gasteiger partial charge in [0.15, 0.2) is 0 Å². The second-order valence-corrected chi connectivity index (χ2v) is 10.3. The van der Waals surface area contributed by atoms with Crippen LogP contribution in [-0.2, 0) is 18.5 Å². The molecule has 0 amide bonds. The number of benzene rings is 3. The molecule has 0 saturated carbocycles. The number of aromatic amines is 1. The number of hydrogen-bond acceptors (Lipinski definition) is 4. The molecule has 2 N–H and O–H groups in total. The third-order valence-electron chi connectivity index (χ3n) is 7.53. The average Bonchev–Trinajstić information content (AvgIpc) is 3.27. The molecule has 5 nitrogen and oxygen atoms in total. The van der Waals surface area contributed by atoms with Crippen molar-refractivity contribution in [1.82, 2.24) is 20.2 Å². The van der Waals surface area contributed by atoms with E-state index in [1.807, 2.05) is 30.3 Å². The maximum atomic E-state index is 9.31. The van der Waals surface area contributed by atoms with Crippen molar-refractivity contribution in [3.8, 4) is 17.2 Å². The highest BCUT2D eigenvalue weighted by Crippen LogP contribution is 2.44. The lowest BCUT2D eigenvalue weighted by Crippen LogP contribution is -2.55. The standard InChI is InChI=1S/C28H25Cl2N5/c29-23-14-25-26(15-24(23)30)34-27(33-25)17-35-11-6-21-13-20(19-3-1-2-18(12-19)16-31)4-5-22(21)28(35)7-9-32-10-8-28/h1-5,12-15,32H,6-11,17H2,(H,33,34). The van der Waals surface area contributed by atoms with Crippen LogP contribution in [0.1, 0.15) is 35.4 Å². The number of aromatic nitrogens is 2. The van der Waals surface area contributed by atoms with Crippen molar-refractivity contribution >= 4 is 34.2 Å². The molecule has 1 spiro atoms. The summed E-state index contributed by atoms with van der Waals surface area (Å²) in [5, 5.41) is 13.9. The van der Waals surface area contributed by atoms with Gasteiger partial charge in [-0.15, -0.1) is 0 Å². The predicted molar refractivity (Wildman–Crippen MR) is 141 cm³/mol. The number of fused-ring (bicyclic) bond motifs is 3. The van der Waals surface area contributed by atoms with Crippen molar-refractivity contribution < 1.29 is 0 Å². The molecule has 1 fully saturated rings. The van der Waals surface area contributed by atoms with E-state index in [1.165, 1.54) is 16.7 Å². The zero-order valence-corrected chi connectivity index (χ0v) is 20.8. The Morgan fingerprint density at radius 3 is 2.63 bits per heavy atom. The Morgan fingerprint density at radius 1 is 1.00 bits per heavy atom. The molecule has 2 aliphatic heterocycles. The van der Waals surface area contributed by atoms with Crippen molar-refractivity contribution in [2.45, 2.75) is 31.3 Å². The van der Waals surface area contributed by atoms with Crippen LogP contribution < -0.4 is 5.32 Å². The minimum atomic E-state index is -0.0276. The minimum Gasteiger partial charge on any atom is -0.341 e. The highest BCUT2D eigenvalue weighted by atomic mass is 35.5. The second kappa shape index (κ2) is 8.96. The first-order valence-electron chi connectivity index (χ1n) is 12.0. The van der Waals surface area contributed by atoms with Crippen LogP contribution in [0.25, 0.3) is 22.2 Å². The molecule has 0 aliphatic carbocycles. The lowest BCUT2D eigenvalue weighted by Gasteiger charge is -2.50. The van der Waals surface area contributed by atoms with E-state index < -0.39 is 0 Å². The molecule has 0 radical (unpaired) electrons. The zero-order valence-electron chi connectivity index (χ0n) is 19.2. The van der Waals surface area contributed by atoms with Gasteiger partial charge in [-0.1, -0.05) is 53.5 Å². The second-order valence-electron chi connectivity index (χ2n) is 9.48. The highest BCUT2D eigenvalue weighted by Gasteiger charge is 2.43. The first-order chi connectivity index (χ1) is 17.1. The molecule has 3 heterocycles. The molecule has 4 aromatic rings. The van der Waals surface area contributed by atoms with Crippen LogP contribution in [0.3, 0.4) is 0 Å². The molecule has 1 aromatic heterocycles. The van der Waals surface area contributed by atoms with Crippen LogP contribution in [0, 0.1) is 11.3 Å². The molecule has 0 bridgehead atoms. The van der Waals surface area contributed by atoms with Gasteiger partial charge in [-0.25, -0.2) is 4.98 Å². The summed E-state index contributed by atoms with van der Waals surface area (Å²) in [6, 6.07) is 20.7. The summed E-state index contributed by atoms with van der Waals surface area (Å²) in [5.41, 5.74) is 7.51. The van der Waals surface area contributed by atoms with Crippen molar-refractivity contribution in [2.24, 2.45) is 0 Å². The van der Waals surface area contributed by atoms with E-state index in [2.05, 4.69) is 45.5 Å². The van der Waals surface area contributed by atoms with Crippen LogP contribution in [0.5, 0.6) is 0 Å². The van der Waals surface area contributed by atoms with Gasteiger partial charge >= 0.3 is 0 Å². The van der Waals surface area contributed by atoms with Crippen molar-refractivity contribution in [1.29, 1.82) is 5.26 Å². The van der Waals surface area contributed by atoms with Crippen molar-refractivity contribution in [3.05, 3.63) is 87.2 Å². The summed E-state index contributed by atoms with van der Waals surface area (Å²) >= 11 is 12.4.